The average molecular weight is 323 g/mol. The molecule has 2 N–H and O–H groups in total. The fraction of sp³-hybridized carbons (Fsp3) is 0.375. The highest BCUT2D eigenvalue weighted by molar-refractivity contribution is 5.94. The monoisotopic (exact) mass is 323 g/mol. The average Bonchev–Trinajstić information content (AvgIpc) is 2.96. The molecule has 1 heterocycles. The number of benzene rings is 1. The molecule has 0 aliphatic heterocycles. The molecule has 1 amide bonds. The van der Waals surface area contributed by atoms with Crippen LogP contribution in [0.3, 0.4) is 0 Å². The number of alkyl halides is 3. The largest absolute Gasteiger partial charge is 0.416 e. The van der Waals surface area contributed by atoms with Crippen LogP contribution in [0.5, 0.6) is 0 Å². The van der Waals surface area contributed by atoms with E-state index in [0.29, 0.717) is 11.3 Å². The predicted molar refractivity (Wildman–Crippen MR) is 77.8 cm³/mol. The van der Waals surface area contributed by atoms with Crippen molar-refractivity contribution in [3.8, 4) is 0 Å². The van der Waals surface area contributed by atoms with Gasteiger partial charge in [-0.15, -0.1) is 0 Å². The zero-order valence-corrected chi connectivity index (χ0v) is 12.3. The number of carbonyl (C=O) groups excluding carboxylic acids is 1. The molecule has 0 unspecified atom stereocenters. The number of nitrogens with zero attached hydrogens (tertiary/aromatic N) is 1. The minimum atomic E-state index is -4.39. The Morgan fingerprint density at radius 3 is 2.83 bits per heavy atom. The van der Waals surface area contributed by atoms with Gasteiger partial charge in [-0.2, -0.15) is 18.3 Å². The molecule has 1 aromatic heterocycles. The molecule has 122 valence electrons. The van der Waals surface area contributed by atoms with Crippen LogP contribution in [0.1, 0.15) is 45.7 Å². The van der Waals surface area contributed by atoms with Gasteiger partial charge in [-0.05, 0) is 43.4 Å². The van der Waals surface area contributed by atoms with E-state index in [0.717, 1.165) is 49.1 Å². The maximum atomic E-state index is 12.7. The molecule has 0 saturated heterocycles. The Bertz CT molecular complexity index is 722. The first-order valence-corrected chi connectivity index (χ1v) is 7.45. The lowest BCUT2D eigenvalue weighted by atomic mass is 9.96. The fourth-order valence-electron chi connectivity index (χ4n) is 2.79. The van der Waals surface area contributed by atoms with Crippen molar-refractivity contribution in [1.29, 1.82) is 0 Å². The quantitative estimate of drug-likeness (QED) is 0.911. The minimum Gasteiger partial charge on any atom is -0.347 e. The lowest BCUT2D eigenvalue weighted by molar-refractivity contribution is -0.137. The number of rotatable bonds is 3. The van der Waals surface area contributed by atoms with Gasteiger partial charge < -0.3 is 5.32 Å². The van der Waals surface area contributed by atoms with Crippen LogP contribution in [0.4, 0.5) is 13.2 Å². The zero-order chi connectivity index (χ0) is 16.4. The van der Waals surface area contributed by atoms with Crippen molar-refractivity contribution in [3.63, 3.8) is 0 Å². The predicted octanol–water partition coefficient (Wildman–Crippen LogP) is 3.24. The van der Waals surface area contributed by atoms with Crippen molar-refractivity contribution in [2.75, 3.05) is 0 Å². The molecule has 3 rings (SSSR count). The summed E-state index contributed by atoms with van der Waals surface area (Å²) >= 11 is 0. The third kappa shape index (κ3) is 3.38. The van der Waals surface area contributed by atoms with Gasteiger partial charge in [0.05, 0.1) is 5.56 Å². The number of hydrogen-bond acceptors (Lipinski definition) is 2. The van der Waals surface area contributed by atoms with E-state index in [-0.39, 0.29) is 12.5 Å². The smallest absolute Gasteiger partial charge is 0.347 e. The van der Waals surface area contributed by atoms with E-state index in [1.165, 1.54) is 6.07 Å². The van der Waals surface area contributed by atoms with Crippen molar-refractivity contribution < 1.29 is 18.0 Å². The van der Waals surface area contributed by atoms with Crippen LogP contribution in [0.25, 0.3) is 0 Å². The lowest BCUT2D eigenvalue weighted by Gasteiger charge is -2.12. The molecule has 0 saturated carbocycles. The number of hydrogen-bond donors (Lipinski definition) is 2. The number of fused-ring (bicyclic) bond motifs is 1. The standard InChI is InChI=1S/C16H16F3N3O/c17-16(18,19)11-5-3-4-10(8-11)9-20-15(23)14-12-6-1-2-7-13(12)21-22-14/h3-5,8H,1-2,6-7,9H2,(H,20,23)(H,21,22). The number of nitrogens with one attached hydrogen (secondary N) is 2. The normalized spacial score (nSPS) is 14.4. The third-order valence-electron chi connectivity index (χ3n) is 3.98. The van der Waals surface area contributed by atoms with Crippen molar-refractivity contribution in [3.05, 3.63) is 52.3 Å². The summed E-state index contributed by atoms with van der Waals surface area (Å²) in [5.41, 5.74) is 1.95. The number of halogens is 3. The van der Waals surface area contributed by atoms with E-state index in [1.54, 1.807) is 6.07 Å². The van der Waals surface area contributed by atoms with Gasteiger partial charge in [-0.1, -0.05) is 12.1 Å². The highest BCUT2D eigenvalue weighted by Gasteiger charge is 2.30. The first kappa shape index (κ1) is 15.6. The van der Waals surface area contributed by atoms with Crippen LogP contribution in [-0.2, 0) is 25.6 Å². The highest BCUT2D eigenvalue weighted by Crippen LogP contribution is 2.29. The van der Waals surface area contributed by atoms with Crippen LogP contribution < -0.4 is 5.32 Å². The van der Waals surface area contributed by atoms with E-state index in [9.17, 15) is 18.0 Å². The van der Waals surface area contributed by atoms with Gasteiger partial charge in [-0.3, -0.25) is 9.89 Å². The number of H-pyrrole nitrogens is 1. The van der Waals surface area contributed by atoms with Gasteiger partial charge in [0.15, 0.2) is 5.69 Å². The summed E-state index contributed by atoms with van der Waals surface area (Å²) in [7, 11) is 0. The Balaban J connectivity index is 1.69. The Hall–Kier alpha value is -2.31. The van der Waals surface area contributed by atoms with Crippen LogP contribution in [0.15, 0.2) is 24.3 Å². The van der Waals surface area contributed by atoms with Crippen LogP contribution in [-0.4, -0.2) is 16.1 Å². The molecule has 0 atom stereocenters. The first-order chi connectivity index (χ1) is 10.9. The van der Waals surface area contributed by atoms with Crippen molar-refractivity contribution in [1.82, 2.24) is 15.5 Å². The minimum absolute atomic E-state index is 0.0321. The number of aryl methyl sites for hydroxylation is 1. The molecular weight excluding hydrogens is 307 g/mol. The Morgan fingerprint density at radius 1 is 1.26 bits per heavy atom. The summed E-state index contributed by atoms with van der Waals surface area (Å²) in [5.74, 6) is -0.359. The second kappa shape index (κ2) is 6.06. The van der Waals surface area contributed by atoms with Crippen molar-refractivity contribution in [2.24, 2.45) is 0 Å². The molecule has 7 heteroatoms. The first-order valence-electron chi connectivity index (χ1n) is 7.45. The lowest BCUT2D eigenvalue weighted by Crippen LogP contribution is -2.25. The summed E-state index contributed by atoms with van der Waals surface area (Å²) < 4.78 is 38.0. The number of aromatic amines is 1. The van der Waals surface area contributed by atoms with Crippen LogP contribution >= 0.6 is 0 Å². The van der Waals surface area contributed by atoms with Crippen LogP contribution in [0.2, 0.25) is 0 Å². The number of amides is 1. The summed E-state index contributed by atoms with van der Waals surface area (Å²) in [6.45, 7) is 0.0321. The molecule has 0 bridgehead atoms. The molecular formula is C16H16F3N3O. The molecule has 4 nitrogen and oxygen atoms in total. The number of carbonyl (C=O) groups is 1. The second-order valence-electron chi connectivity index (χ2n) is 5.62. The molecule has 0 radical (unpaired) electrons. The van der Waals surface area contributed by atoms with Gasteiger partial charge in [0, 0.05) is 17.8 Å². The van der Waals surface area contributed by atoms with E-state index in [1.807, 2.05) is 0 Å². The summed E-state index contributed by atoms with van der Waals surface area (Å²) in [5, 5.41) is 9.57. The summed E-state index contributed by atoms with van der Waals surface area (Å²) in [6, 6.07) is 4.94. The fourth-order valence-corrected chi connectivity index (χ4v) is 2.79. The van der Waals surface area contributed by atoms with E-state index in [2.05, 4.69) is 15.5 Å². The third-order valence-corrected chi connectivity index (χ3v) is 3.98. The molecule has 23 heavy (non-hydrogen) atoms. The van der Waals surface area contributed by atoms with Crippen molar-refractivity contribution >= 4 is 5.91 Å². The second-order valence-corrected chi connectivity index (χ2v) is 5.62. The maximum Gasteiger partial charge on any atom is 0.416 e. The van der Waals surface area contributed by atoms with Crippen molar-refractivity contribution in [2.45, 2.75) is 38.4 Å². The Kier molecular flexibility index (Phi) is 4.11. The maximum absolute atomic E-state index is 12.7. The van der Waals surface area contributed by atoms with Gasteiger partial charge in [0.2, 0.25) is 0 Å². The zero-order valence-electron chi connectivity index (χ0n) is 12.3. The molecule has 1 aromatic carbocycles. The van der Waals surface area contributed by atoms with E-state index < -0.39 is 11.7 Å². The SMILES string of the molecule is O=C(NCc1cccc(C(F)(F)F)c1)c1n[nH]c2c1CCCC2. The van der Waals surface area contributed by atoms with Crippen LogP contribution in [0, 0.1) is 0 Å². The van der Waals surface area contributed by atoms with Gasteiger partial charge >= 0.3 is 6.18 Å². The van der Waals surface area contributed by atoms with E-state index >= 15 is 0 Å². The van der Waals surface area contributed by atoms with Gasteiger partial charge in [0.1, 0.15) is 0 Å². The molecule has 0 fully saturated rings. The highest BCUT2D eigenvalue weighted by atomic mass is 19.4. The summed E-state index contributed by atoms with van der Waals surface area (Å²) in [6.07, 6.45) is -0.621. The summed E-state index contributed by atoms with van der Waals surface area (Å²) in [4.78, 5) is 12.2. The van der Waals surface area contributed by atoms with Gasteiger partial charge in [-0.25, -0.2) is 0 Å². The molecule has 1 aliphatic carbocycles. The molecule has 2 aromatic rings. The topological polar surface area (TPSA) is 57.8 Å². The number of aromatic nitrogens is 2. The molecule has 0 spiro atoms. The molecule has 1 aliphatic rings. The Morgan fingerprint density at radius 2 is 2.04 bits per heavy atom. The van der Waals surface area contributed by atoms with E-state index in [4.69, 9.17) is 0 Å². The van der Waals surface area contributed by atoms with Gasteiger partial charge in [0.25, 0.3) is 5.91 Å². The Labute approximate surface area is 131 Å².